The highest BCUT2D eigenvalue weighted by Crippen LogP contribution is 2.30. The topological polar surface area (TPSA) is 78.4 Å². The van der Waals surface area contributed by atoms with Gasteiger partial charge in [0.1, 0.15) is 0 Å². The predicted molar refractivity (Wildman–Crippen MR) is 71.2 cm³/mol. The van der Waals surface area contributed by atoms with Gasteiger partial charge in [-0.3, -0.25) is 0 Å². The lowest BCUT2D eigenvalue weighted by atomic mass is 10.0. The van der Waals surface area contributed by atoms with Gasteiger partial charge in [-0.1, -0.05) is 6.07 Å². The molecule has 0 saturated heterocycles. The number of carboxylic acid groups (broad SMARTS) is 1. The van der Waals surface area contributed by atoms with Crippen LogP contribution < -0.4 is 10.6 Å². The maximum absolute atomic E-state index is 12.7. The van der Waals surface area contributed by atoms with Crippen molar-refractivity contribution in [3.8, 4) is 0 Å². The number of nitrogens with one attached hydrogen (secondary N) is 2. The van der Waals surface area contributed by atoms with E-state index in [1.54, 1.807) is 6.92 Å². The minimum Gasteiger partial charge on any atom is -0.479 e. The Morgan fingerprint density at radius 2 is 2.05 bits per heavy atom. The summed E-state index contributed by atoms with van der Waals surface area (Å²) >= 11 is 1.45. The second-order valence-corrected chi connectivity index (χ2v) is 5.74. The normalized spacial score (nSPS) is 15.9. The van der Waals surface area contributed by atoms with Crippen LogP contribution in [0.5, 0.6) is 0 Å². The molecule has 1 aromatic rings. The number of hydrogen-bond acceptors (Lipinski definition) is 3. The van der Waals surface area contributed by atoms with Gasteiger partial charge in [-0.15, -0.1) is 11.3 Å². The summed E-state index contributed by atoms with van der Waals surface area (Å²) in [5.41, 5.74) is -3.33. The Balaban J connectivity index is 2.65. The number of thiophene rings is 1. The van der Waals surface area contributed by atoms with Crippen LogP contribution in [0.15, 0.2) is 17.5 Å². The van der Waals surface area contributed by atoms with Gasteiger partial charge in [-0.2, -0.15) is 13.2 Å². The molecule has 1 rings (SSSR count). The lowest BCUT2D eigenvalue weighted by Crippen LogP contribution is -2.64. The molecule has 0 aliphatic heterocycles. The largest absolute Gasteiger partial charge is 0.479 e. The van der Waals surface area contributed by atoms with Crippen molar-refractivity contribution in [2.75, 3.05) is 0 Å². The number of carbonyl (C=O) groups is 2. The average molecular weight is 324 g/mol. The quantitative estimate of drug-likeness (QED) is 0.778. The summed E-state index contributed by atoms with van der Waals surface area (Å²) in [6.07, 6.45) is -4.66. The maximum Gasteiger partial charge on any atom is 0.422 e. The SMILES string of the molecule is CC(Cc1cccs1)NC(=O)NC(C)(C(=O)O)C(F)(F)F. The molecule has 21 heavy (non-hydrogen) atoms. The van der Waals surface area contributed by atoms with Gasteiger partial charge in [0, 0.05) is 17.3 Å². The van der Waals surface area contributed by atoms with E-state index in [1.807, 2.05) is 17.5 Å². The molecular formula is C12H15F3N2O3S. The molecular weight excluding hydrogens is 309 g/mol. The van der Waals surface area contributed by atoms with Crippen LogP contribution in [0.1, 0.15) is 18.7 Å². The van der Waals surface area contributed by atoms with Crippen LogP contribution in [0, 0.1) is 0 Å². The molecule has 0 aromatic carbocycles. The van der Waals surface area contributed by atoms with E-state index in [2.05, 4.69) is 5.32 Å². The van der Waals surface area contributed by atoms with Gasteiger partial charge in [0.15, 0.2) is 0 Å². The standard InChI is InChI=1S/C12H15F3N2O3S/c1-7(6-8-4-3-5-21-8)16-10(20)17-11(2,9(18)19)12(13,14)15/h3-5,7H,6H2,1-2H3,(H,18,19)(H2,16,17,20). The van der Waals surface area contributed by atoms with Crippen molar-refractivity contribution in [3.05, 3.63) is 22.4 Å². The smallest absolute Gasteiger partial charge is 0.422 e. The molecule has 2 amide bonds. The lowest BCUT2D eigenvalue weighted by Gasteiger charge is -2.29. The molecule has 1 aromatic heterocycles. The van der Waals surface area contributed by atoms with Crippen molar-refractivity contribution in [2.45, 2.75) is 38.0 Å². The van der Waals surface area contributed by atoms with Gasteiger partial charge in [-0.25, -0.2) is 9.59 Å². The second kappa shape index (κ2) is 6.33. The summed E-state index contributed by atoms with van der Waals surface area (Å²) in [7, 11) is 0. The van der Waals surface area contributed by atoms with E-state index < -0.39 is 29.8 Å². The Bertz CT molecular complexity index is 504. The van der Waals surface area contributed by atoms with Gasteiger partial charge in [0.05, 0.1) is 0 Å². The van der Waals surface area contributed by atoms with Crippen LogP contribution in [-0.4, -0.2) is 34.9 Å². The van der Waals surface area contributed by atoms with Crippen LogP contribution in [-0.2, 0) is 11.2 Å². The van der Waals surface area contributed by atoms with Crippen molar-refractivity contribution in [2.24, 2.45) is 0 Å². The zero-order chi connectivity index (χ0) is 16.3. The number of urea groups is 1. The molecule has 3 N–H and O–H groups in total. The summed E-state index contributed by atoms with van der Waals surface area (Å²) in [5.74, 6) is -2.17. The highest BCUT2D eigenvalue weighted by atomic mass is 32.1. The minimum atomic E-state index is -5.10. The number of alkyl halides is 3. The first-order valence-corrected chi connectivity index (χ1v) is 6.85. The van der Waals surface area contributed by atoms with Crippen LogP contribution in [0.25, 0.3) is 0 Å². The molecule has 5 nitrogen and oxygen atoms in total. The Morgan fingerprint density at radius 1 is 1.43 bits per heavy atom. The summed E-state index contributed by atoms with van der Waals surface area (Å²) in [6, 6.07) is 2.03. The highest BCUT2D eigenvalue weighted by molar-refractivity contribution is 7.09. The molecule has 0 radical (unpaired) electrons. The lowest BCUT2D eigenvalue weighted by molar-refractivity contribution is -0.203. The van der Waals surface area contributed by atoms with Crippen LogP contribution in [0.3, 0.4) is 0 Å². The molecule has 2 atom stereocenters. The Kier molecular flexibility index (Phi) is 5.21. The number of hydrogen-bond donors (Lipinski definition) is 3. The Hall–Kier alpha value is -1.77. The molecule has 0 aliphatic rings. The molecule has 9 heteroatoms. The molecule has 2 unspecified atom stereocenters. The molecule has 1 heterocycles. The van der Waals surface area contributed by atoms with E-state index in [0.717, 1.165) is 4.88 Å². The first-order chi connectivity index (χ1) is 9.56. The maximum atomic E-state index is 12.7. The summed E-state index contributed by atoms with van der Waals surface area (Å²) < 4.78 is 38.2. The van der Waals surface area contributed by atoms with Crippen LogP contribution in [0.4, 0.5) is 18.0 Å². The van der Waals surface area contributed by atoms with Crippen molar-refractivity contribution in [1.29, 1.82) is 0 Å². The molecule has 0 fully saturated rings. The summed E-state index contributed by atoms with van der Waals surface area (Å²) in [4.78, 5) is 23.3. The molecule has 118 valence electrons. The summed E-state index contributed by atoms with van der Waals surface area (Å²) in [6.45, 7) is 2.02. The van der Waals surface area contributed by atoms with E-state index in [1.165, 1.54) is 16.7 Å². The van der Waals surface area contributed by atoms with Crippen molar-refractivity contribution >= 4 is 23.3 Å². The van der Waals surface area contributed by atoms with Gasteiger partial charge in [-0.05, 0) is 25.3 Å². The fourth-order valence-electron chi connectivity index (χ4n) is 1.51. The Morgan fingerprint density at radius 3 is 2.48 bits per heavy atom. The monoisotopic (exact) mass is 324 g/mol. The van der Waals surface area contributed by atoms with E-state index >= 15 is 0 Å². The number of aliphatic carboxylic acids is 1. The van der Waals surface area contributed by atoms with Crippen LogP contribution >= 0.6 is 11.3 Å². The zero-order valence-electron chi connectivity index (χ0n) is 11.3. The third-order valence-corrected chi connectivity index (χ3v) is 3.72. The van der Waals surface area contributed by atoms with Gasteiger partial charge >= 0.3 is 18.2 Å². The first kappa shape index (κ1) is 17.3. The number of amides is 2. The van der Waals surface area contributed by atoms with Crippen molar-refractivity contribution in [1.82, 2.24) is 10.6 Å². The van der Waals surface area contributed by atoms with Gasteiger partial charge in [0.25, 0.3) is 0 Å². The third kappa shape index (κ3) is 4.35. The molecule has 0 spiro atoms. The van der Waals surface area contributed by atoms with E-state index in [4.69, 9.17) is 5.11 Å². The number of carbonyl (C=O) groups excluding carboxylic acids is 1. The fraction of sp³-hybridized carbons (Fsp3) is 0.500. The number of halogens is 3. The van der Waals surface area contributed by atoms with E-state index in [-0.39, 0.29) is 0 Å². The second-order valence-electron chi connectivity index (χ2n) is 4.71. The zero-order valence-corrected chi connectivity index (χ0v) is 12.1. The summed E-state index contributed by atoms with van der Waals surface area (Å²) in [5, 5.41) is 14.3. The van der Waals surface area contributed by atoms with Crippen molar-refractivity contribution in [3.63, 3.8) is 0 Å². The minimum absolute atomic E-state index is 0.402. The predicted octanol–water partition coefficient (Wildman–Crippen LogP) is 2.38. The third-order valence-electron chi connectivity index (χ3n) is 2.82. The average Bonchev–Trinajstić information content (AvgIpc) is 2.79. The number of rotatable bonds is 5. The Labute approximate surface area is 123 Å². The molecule has 0 aliphatic carbocycles. The fourth-order valence-corrected chi connectivity index (χ4v) is 2.35. The first-order valence-electron chi connectivity index (χ1n) is 5.97. The van der Waals surface area contributed by atoms with Crippen LogP contribution in [0.2, 0.25) is 0 Å². The van der Waals surface area contributed by atoms with E-state index in [0.29, 0.717) is 13.3 Å². The van der Waals surface area contributed by atoms with Gasteiger partial charge in [0.2, 0.25) is 5.54 Å². The highest BCUT2D eigenvalue weighted by Gasteiger charge is 2.58. The van der Waals surface area contributed by atoms with Crippen molar-refractivity contribution < 1.29 is 27.9 Å². The number of carboxylic acids is 1. The molecule has 0 bridgehead atoms. The van der Waals surface area contributed by atoms with E-state index in [9.17, 15) is 22.8 Å². The van der Waals surface area contributed by atoms with Gasteiger partial charge < -0.3 is 15.7 Å². The molecule has 0 saturated carbocycles.